The van der Waals surface area contributed by atoms with Crippen LogP contribution in [0.1, 0.15) is 29.0 Å². The van der Waals surface area contributed by atoms with E-state index in [1.54, 1.807) is 18.2 Å². The Balaban J connectivity index is 1.71. The van der Waals surface area contributed by atoms with E-state index >= 15 is 0 Å². The molecule has 0 saturated heterocycles. The van der Waals surface area contributed by atoms with Crippen LogP contribution in [0.5, 0.6) is 0 Å². The van der Waals surface area contributed by atoms with Crippen molar-refractivity contribution < 1.29 is 27.5 Å². The lowest BCUT2D eigenvalue weighted by Crippen LogP contribution is -2.39. The van der Waals surface area contributed by atoms with E-state index in [1.807, 2.05) is 24.3 Å². The van der Waals surface area contributed by atoms with Crippen LogP contribution in [-0.4, -0.2) is 33.4 Å². The molecule has 7 nitrogen and oxygen atoms in total. The molecule has 0 bridgehead atoms. The summed E-state index contributed by atoms with van der Waals surface area (Å²) in [5.74, 6) is -3.28. The smallest absolute Gasteiger partial charge is 0.416 e. The molecule has 0 saturated carbocycles. The number of hydrogen-bond acceptors (Lipinski definition) is 6. The van der Waals surface area contributed by atoms with Gasteiger partial charge < -0.3 is 4.74 Å². The molecule has 2 aromatic heterocycles. The number of halogens is 3. The molecule has 0 N–H and O–H groups in total. The van der Waals surface area contributed by atoms with Crippen molar-refractivity contribution in [3.05, 3.63) is 108 Å². The number of anilines is 1. The number of carbonyl (C=O) groups excluding carboxylic acids is 2. The van der Waals surface area contributed by atoms with Crippen molar-refractivity contribution in [2.75, 3.05) is 11.5 Å². The largest absolute Gasteiger partial charge is 0.464 e. The number of pyridine rings is 1. The van der Waals surface area contributed by atoms with Gasteiger partial charge in [0, 0.05) is 30.1 Å². The van der Waals surface area contributed by atoms with E-state index in [2.05, 4.69) is 15.0 Å². The Morgan fingerprint density at radius 2 is 1.89 bits per heavy atom. The van der Waals surface area contributed by atoms with E-state index in [4.69, 9.17) is 4.74 Å². The maximum absolute atomic E-state index is 13.9. The minimum atomic E-state index is -4.66. The zero-order valence-electron chi connectivity index (χ0n) is 19.6. The van der Waals surface area contributed by atoms with Gasteiger partial charge in [0.05, 0.1) is 18.7 Å². The van der Waals surface area contributed by atoms with Crippen LogP contribution in [0.3, 0.4) is 0 Å². The van der Waals surface area contributed by atoms with E-state index in [-0.39, 0.29) is 30.5 Å². The molecule has 37 heavy (non-hydrogen) atoms. The number of rotatable bonds is 8. The number of ether oxygens (including phenoxy) is 1. The molecule has 1 amide bonds. The molecule has 10 heteroatoms. The maximum atomic E-state index is 13.9. The maximum Gasteiger partial charge on any atom is 0.416 e. The van der Waals surface area contributed by atoms with Gasteiger partial charge in [0.2, 0.25) is 5.91 Å². The third-order valence-electron chi connectivity index (χ3n) is 5.69. The normalized spacial score (nSPS) is 15.7. The van der Waals surface area contributed by atoms with Crippen LogP contribution >= 0.6 is 0 Å². The lowest BCUT2D eigenvalue weighted by atomic mass is 9.95. The second kappa shape index (κ2) is 11.6. The fourth-order valence-corrected chi connectivity index (χ4v) is 3.84. The van der Waals surface area contributed by atoms with Gasteiger partial charge in [-0.05, 0) is 30.2 Å². The fraction of sp³-hybridized carbons (Fsp3) is 0.222. The number of benzene rings is 1. The Kier molecular flexibility index (Phi) is 8.07. The van der Waals surface area contributed by atoms with Gasteiger partial charge in [0.25, 0.3) is 0 Å². The van der Waals surface area contributed by atoms with E-state index in [0.717, 1.165) is 18.2 Å². The second-order valence-electron chi connectivity index (χ2n) is 8.35. The summed E-state index contributed by atoms with van der Waals surface area (Å²) < 4.78 is 45.9. The predicted octanol–water partition coefficient (Wildman–Crippen LogP) is 4.88. The molecule has 0 radical (unpaired) electrons. The number of esters is 1. The first kappa shape index (κ1) is 25.7. The van der Waals surface area contributed by atoms with Crippen molar-refractivity contribution in [2.45, 2.75) is 25.1 Å². The van der Waals surface area contributed by atoms with Crippen molar-refractivity contribution in [1.29, 1.82) is 0 Å². The zero-order valence-corrected chi connectivity index (χ0v) is 19.6. The summed E-state index contributed by atoms with van der Waals surface area (Å²) in [7, 11) is 0. The average Bonchev–Trinajstić information content (AvgIpc) is 2.92. The van der Waals surface area contributed by atoms with Gasteiger partial charge in [0.15, 0.2) is 5.92 Å². The molecule has 2 heterocycles. The molecule has 190 valence electrons. The van der Waals surface area contributed by atoms with Gasteiger partial charge in [0.1, 0.15) is 12.1 Å². The summed E-state index contributed by atoms with van der Waals surface area (Å²) in [4.78, 5) is 40.6. The Labute approximate surface area is 211 Å². The Hall–Kier alpha value is -4.34. The molecule has 0 aliphatic heterocycles. The van der Waals surface area contributed by atoms with E-state index < -0.39 is 29.5 Å². The lowest BCUT2D eigenvalue weighted by Gasteiger charge is -2.27. The molecule has 1 aromatic carbocycles. The third kappa shape index (κ3) is 6.66. The highest BCUT2D eigenvalue weighted by Gasteiger charge is 2.38. The number of alkyl halides is 3. The van der Waals surface area contributed by atoms with Crippen LogP contribution in [0.2, 0.25) is 0 Å². The highest BCUT2D eigenvalue weighted by atomic mass is 19.4. The highest BCUT2D eigenvalue weighted by Crippen LogP contribution is 2.33. The standard InChI is InChI=1S/C27H23F3N4O3/c28-27(29,30)22-10-6-9-21(13-22)24(26(36)37-17-19-7-2-1-3-8-19)25(35)34(23-11-4-5-12-33-23)16-20-14-31-18-32-15-20/h1-7,9-15,18-19,24H,8,16-17H2. The van der Waals surface area contributed by atoms with Crippen molar-refractivity contribution >= 4 is 17.7 Å². The van der Waals surface area contributed by atoms with Crippen LogP contribution in [0.15, 0.2) is 91.7 Å². The molecule has 1 aliphatic carbocycles. The number of nitrogens with zero attached hydrogens (tertiary/aromatic N) is 4. The summed E-state index contributed by atoms with van der Waals surface area (Å²) in [5, 5.41) is 0. The van der Waals surface area contributed by atoms with Gasteiger partial charge in [-0.15, -0.1) is 0 Å². The zero-order chi connectivity index (χ0) is 26.3. The van der Waals surface area contributed by atoms with E-state index in [9.17, 15) is 22.8 Å². The van der Waals surface area contributed by atoms with E-state index in [1.165, 1.54) is 35.9 Å². The number of carbonyl (C=O) groups is 2. The minimum absolute atomic E-state index is 0.0154. The summed E-state index contributed by atoms with van der Waals surface area (Å²) in [5.41, 5.74) is -0.567. The molecule has 0 spiro atoms. The first-order chi connectivity index (χ1) is 17.8. The lowest BCUT2D eigenvalue weighted by molar-refractivity contribution is -0.149. The van der Waals surface area contributed by atoms with Crippen molar-refractivity contribution in [3.8, 4) is 0 Å². The Bertz CT molecular complexity index is 1280. The van der Waals surface area contributed by atoms with Crippen LogP contribution in [0.25, 0.3) is 0 Å². The fourth-order valence-electron chi connectivity index (χ4n) is 3.84. The monoisotopic (exact) mass is 508 g/mol. The summed E-state index contributed by atoms with van der Waals surface area (Å²) in [6, 6.07) is 9.03. The minimum Gasteiger partial charge on any atom is -0.464 e. The van der Waals surface area contributed by atoms with Crippen molar-refractivity contribution in [1.82, 2.24) is 15.0 Å². The van der Waals surface area contributed by atoms with Crippen molar-refractivity contribution in [2.24, 2.45) is 5.92 Å². The van der Waals surface area contributed by atoms with Gasteiger partial charge in [-0.2, -0.15) is 13.2 Å². The number of allylic oxidation sites excluding steroid dienone is 3. The van der Waals surface area contributed by atoms with Gasteiger partial charge in [-0.3, -0.25) is 14.5 Å². The van der Waals surface area contributed by atoms with Crippen LogP contribution in [-0.2, 0) is 27.0 Å². The second-order valence-corrected chi connectivity index (χ2v) is 8.35. The summed E-state index contributed by atoms with van der Waals surface area (Å²) in [6.07, 6.45) is 9.24. The number of amides is 1. The average molecular weight is 509 g/mol. The Morgan fingerprint density at radius 3 is 2.57 bits per heavy atom. The highest BCUT2D eigenvalue weighted by molar-refractivity contribution is 6.10. The molecule has 1 aliphatic rings. The van der Waals surface area contributed by atoms with Crippen LogP contribution in [0, 0.1) is 5.92 Å². The summed E-state index contributed by atoms with van der Waals surface area (Å²) >= 11 is 0. The molecule has 0 fully saturated rings. The SMILES string of the molecule is O=C(OCC1C=CC=CC1)C(C(=O)N(Cc1cncnc1)c1ccccn1)c1cccc(C(F)(F)F)c1. The number of hydrogen-bond donors (Lipinski definition) is 0. The quantitative estimate of drug-likeness (QED) is 0.318. The first-order valence-electron chi connectivity index (χ1n) is 11.5. The van der Waals surface area contributed by atoms with Crippen LogP contribution < -0.4 is 4.90 Å². The van der Waals surface area contributed by atoms with Crippen LogP contribution in [0.4, 0.5) is 19.0 Å². The van der Waals surface area contributed by atoms with Gasteiger partial charge in [-0.25, -0.2) is 15.0 Å². The first-order valence-corrected chi connectivity index (χ1v) is 11.5. The molecule has 2 atom stereocenters. The summed E-state index contributed by atoms with van der Waals surface area (Å²) in [6.45, 7) is -0.0753. The third-order valence-corrected chi connectivity index (χ3v) is 5.69. The molecule has 3 aromatic rings. The number of aromatic nitrogens is 3. The van der Waals surface area contributed by atoms with Gasteiger partial charge >= 0.3 is 12.1 Å². The topological polar surface area (TPSA) is 85.3 Å². The Morgan fingerprint density at radius 1 is 1.08 bits per heavy atom. The molecular formula is C27H23F3N4O3. The molecular weight excluding hydrogens is 485 g/mol. The van der Waals surface area contributed by atoms with Crippen molar-refractivity contribution in [3.63, 3.8) is 0 Å². The van der Waals surface area contributed by atoms with Gasteiger partial charge in [-0.1, -0.05) is 48.6 Å². The van der Waals surface area contributed by atoms with E-state index in [0.29, 0.717) is 12.0 Å². The molecule has 2 unspecified atom stereocenters. The predicted molar refractivity (Wildman–Crippen MR) is 129 cm³/mol. The molecule has 4 rings (SSSR count).